The normalized spacial score (nSPS) is 13.5. The second kappa shape index (κ2) is 9.82. The predicted molar refractivity (Wildman–Crippen MR) is 119 cm³/mol. The molecule has 32 heavy (non-hydrogen) atoms. The summed E-state index contributed by atoms with van der Waals surface area (Å²) in [5, 5.41) is 3.94. The van der Waals surface area contributed by atoms with E-state index in [1.165, 1.54) is 6.21 Å². The van der Waals surface area contributed by atoms with E-state index >= 15 is 0 Å². The summed E-state index contributed by atoms with van der Waals surface area (Å²) in [6.45, 7) is 0.976. The van der Waals surface area contributed by atoms with Gasteiger partial charge in [0.2, 0.25) is 5.91 Å². The molecule has 1 saturated heterocycles. The Labute approximate surface area is 185 Å². The van der Waals surface area contributed by atoms with Crippen molar-refractivity contribution in [2.24, 2.45) is 5.10 Å². The van der Waals surface area contributed by atoms with Gasteiger partial charge in [0, 0.05) is 24.2 Å². The standard InChI is InChI=1S/C24H23N3O5/c1-30-19-8-10-20(11-9-19)31-16-22-13-12-21(32-22)15-25-26-24(29)17-4-6-18(7-5-17)27-14-2-3-23(27)28/h4-13,15H,2-3,14,16H2,1H3,(H,26,29)/b25-15+. The number of hydrogen-bond donors (Lipinski definition) is 1. The number of benzene rings is 2. The fourth-order valence-electron chi connectivity index (χ4n) is 3.30. The molecule has 164 valence electrons. The largest absolute Gasteiger partial charge is 0.497 e. The maximum absolute atomic E-state index is 12.3. The van der Waals surface area contributed by atoms with Crippen LogP contribution in [0.1, 0.15) is 34.7 Å². The number of hydrazone groups is 1. The summed E-state index contributed by atoms with van der Waals surface area (Å²) in [5.41, 5.74) is 3.72. The molecule has 3 aromatic rings. The van der Waals surface area contributed by atoms with Gasteiger partial charge >= 0.3 is 0 Å². The number of carbonyl (C=O) groups is 2. The van der Waals surface area contributed by atoms with Gasteiger partial charge in [-0.25, -0.2) is 5.43 Å². The first-order chi connectivity index (χ1) is 15.6. The molecule has 0 atom stereocenters. The number of amides is 2. The number of ether oxygens (including phenoxy) is 2. The van der Waals surface area contributed by atoms with E-state index in [0.717, 1.165) is 17.9 Å². The molecule has 0 spiro atoms. The summed E-state index contributed by atoms with van der Waals surface area (Å²) in [6, 6.07) is 17.7. The lowest BCUT2D eigenvalue weighted by Crippen LogP contribution is -2.24. The number of nitrogens with zero attached hydrogens (tertiary/aromatic N) is 2. The van der Waals surface area contributed by atoms with Gasteiger partial charge in [0.25, 0.3) is 5.91 Å². The lowest BCUT2D eigenvalue weighted by atomic mass is 10.2. The molecule has 0 unspecified atom stereocenters. The highest BCUT2D eigenvalue weighted by Gasteiger charge is 2.21. The monoisotopic (exact) mass is 433 g/mol. The number of rotatable bonds is 8. The number of hydrogen-bond acceptors (Lipinski definition) is 6. The molecule has 0 bridgehead atoms. The minimum atomic E-state index is -0.352. The van der Waals surface area contributed by atoms with Crippen LogP contribution in [-0.2, 0) is 11.4 Å². The minimum Gasteiger partial charge on any atom is -0.497 e. The van der Waals surface area contributed by atoms with Gasteiger partial charge in [-0.05, 0) is 67.1 Å². The van der Waals surface area contributed by atoms with Gasteiger partial charge in [-0.3, -0.25) is 9.59 Å². The van der Waals surface area contributed by atoms with Crippen molar-refractivity contribution < 1.29 is 23.5 Å². The predicted octanol–water partition coefficient (Wildman–Crippen LogP) is 3.76. The van der Waals surface area contributed by atoms with Crippen LogP contribution in [0.15, 0.2) is 70.2 Å². The van der Waals surface area contributed by atoms with E-state index < -0.39 is 0 Å². The summed E-state index contributed by atoms with van der Waals surface area (Å²) in [4.78, 5) is 25.8. The summed E-state index contributed by atoms with van der Waals surface area (Å²) in [6.07, 6.45) is 2.85. The molecule has 2 aromatic carbocycles. The third kappa shape index (κ3) is 5.15. The molecule has 1 aliphatic heterocycles. The maximum atomic E-state index is 12.3. The molecule has 1 aromatic heterocycles. The van der Waals surface area contributed by atoms with Crippen molar-refractivity contribution in [1.82, 2.24) is 5.43 Å². The zero-order chi connectivity index (χ0) is 22.3. The topological polar surface area (TPSA) is 93.4 Å². The van der Waals surface area contributed by atoms with Crippen LogP contribution < -0.4 is 19.8 Å². The summed E-state index contributed by atoms with van der Waals surface area (Å²) >= 11 is 0. The van der Waals surface area contributed by atoms with Crippen LogP contribution in [-0.4, -0.2) is 31.7 Å². The fraction of sp³-hybridized carbons (Fsp3) is 0.208. The fourth-order valence-corrected chi connectivity index (χ4v) is 3.30. The molecule has 8 heteroatoms. The van der Waals surface area contributed by atoms with Crippen molar-refractivity contribution >= 4 is 23.7 Å². The van der Waals surface area contributed by atoms with Crippen LogP contribution in [0.3, 0.4) is 0 Å². The Bertz CT molecular complexity index is 1100. The van der Waals surface area contributed by atoms with Gasteiger partial charge in [0.05, 0.1) is 13.3 Å². The summed E-state index contributed by atoms with van der Waals surface area (Å²) in [7, 11) is 1.61. The van der Waals surface area contributed by atoms with Gasteiger partial charge in [0.15, 0.2) is 0 Å². The Morgan fingerprint density at radius 2 is 1.84 bits per heavy atom. The zero-order valence-electron chi connectivity index (χ0n) is 17.6. The van der Waals surface area contributed by atoms with Gasteiger partial charge in [-0.1, -0.05) is 0 Å². The number of methoxy groups -OCH3 is 1. The second-order valence-electron chi connectivity index (χ2n) is 7.16. The van der Waals surface area contributed by atoms with E-state index in [9.17, 15) is 9.59 Å². The maximum Gasteiger partial charge on any atom is 0.271 e. The van der Waals surface area contributed by atoms with Crippen LogP contribution in [0.4, 0.5) is 5.69 Å². The van der Waals surface area contributed by atoms with Crippen LogP contribution in [0.2, 0.25) is 0 Å². The number of furan rings is 1. The molecule has 1 N–H and O–H groups in total. The molecule has 2 amide bonds. The van der Waals surface area contributed by atoms with E-state index in [1.54, 1.807) is 48.4 Å². The second-order valence-corrected chi connectivity index (χ2v) is 7.16. The first kappa shape index (κ1) is 21.2. The smallest absolute Gasteiger partial charge is 0.271 e. The highest BCUT2D eigenvalue weighted by atomic mass is 16.5. The summed E-state index contributed by atoms with van der Waals surface area (Å²) in [5.74, 6) is 2.33. The number of carbonyl (C=O) groups excluding carboxylic acids is 2. The minimum absolute atomic E-state index is 0.110. The Morgan fingerprint density at radius 1 is 1.09 bits per heavy atom. The van der Waals surface area contributed by atoms with Gasteiger partial charge in [0.1, 0.15) is 29.6 Å². The average Bonchev–Trinajstić information content (AvgIpc) is 3.47. The molecule has 0 aliphatic carbocycles. The first-order valence-electron chi connectivity index (χ1n) is 10.2. The van der Waals surface area contributed by atoms with Crippen molar-refractivity contribution in [2.45, 2.75) is 19.4 Å². The van der Waals surface area contributed by atoms with Gasteiger partial charge < -0.3 is 18.8 Å². The van der Waals surface area contributed by atoms with Crippen molar-refractivity contribution in [1.29, 1.82) is 0 Å². The van der Waals surface area contributed by atoms with Crippen molar-refractivity contribution in [3.8, 4) is 11.5 Å². The van der Waals surface area contributed by atoms with Crippen molar-refractivity contribution in [3.63, 3.8) is 0 Å². The van der Waals surface area contributed by atoms with Gasteiger partial charge in [-0.15, -0.1) is 0 Å². The highest BCUT2D eigenvalue weighted by Crippen LogP contribution is 2.22. The van der Waals surface area contributed by atoms with E-state index in [1.807, 2.05) is 24.3 Å². The average molecular weight is 433 g/mol. The Balaban J connectivity index is 1.27. The van der Waals surface area contributed by atoms with Crippen LogP contribution in [0.5, 0.6) is 11.5 Å². The molecule has 0 radical (unpaired) electrons. The van der Waals surface area contributed by atoms with E-state index in [4.69, 9.17) is 13.9 Å². The van der Waals surface area contributed by atoms with Crippen LogP contribution >= 0.6 is 0 Å². The van der Waals surface area contributed by atoms with Crippen LogP contribution in [0.25, 0.3) is 0 Å². The first-order valence-corrected chi connectivity index (χ1v) is 10.2. The molecule has 1 aliphatic rings. The van der Waals surface area contributed by atoms with E-state index in [-0.39, 0.29) is 18.4 Å². The molecule has 8 nitrogen and oxygen atoms in total. The number of anilines is 1. The Morgan fingerprint density at radius 3 is 2.53 bits per heavy atom. The lowest BCUT2D eigenvalue weighted by molar-refractivity contribution is -0.117. The van der Waals surface area contributed by atoms with Crippen LogP contribution in [0, 0.1) is 0 Å². The molecule has 4 rings (SSSR count). The van der Waals surface area contributed by atoms with Gasteiger partial charge in [-0.2, -0.15) is 5.10 Å². The summed E-state index contributed by atoms with van der Waals surface area (Å²) < 4.78 is 16.4. The molecule has 1 fully saturated rings. The van der Waals surface area contributed by atoms with Crippen molar-refractivity contribution in [2.75, 3.05) is 18.6 Å². The quantitative estimate of drug-likeness (QED) is 0.431. The van der Waals surface area contributed by atoms with Crippen molar-refractivity contribution in [3.05, 3.63) is 77.7 Å². The molecular formula is C24H23N3O5. The SMILES string of the molecule is COc1ccc(OCc2ccc(/C=N/NC(=O)c3ccc(N4CCCC4=O)cc3)o2)cc1. The third-order valence-electron chi connectivity index (χ3n) is 5.00. The lowest BCUT2D eigenvalue weighted by Gasteiger charge is -2.15. The Kier molecular flexibility index (Phi) is 6.50. The third-order valence-corrected chi connectivity index (χ3v) is 5.00. The Hall–Kier alpha value is -4.07. The number of nitrogens with one attached hydrogen (secondary N) is 1. The highest BCUT2D eigenvalue weighted by molar-refractivity contribution is 5.97. The van der Waals surface area contributed by atoms with E-state index in [2.05, 4.69) is 10.5 Å². The molecule has 0 saturated carbocycles. The molecular weight excluding hydrogens is 410 g/mol. The van der Waals surface area contributed by atoms with E-state index in [0.29, 0.717) is 35.8 Å². The molecule has 2 heterocycles. The zero-order valence-corrected chi connectivity index (χ0v) is 17.6.